The Morgan fingerprint density at radius 2 is 0.500 bits per heavy atom. The molecule has 3 N–H and O–H groups in total. The maximum absolute atomic E-state index is 13.1. The molecule has 102 heavy (non-hydrogen) atoms. The van der Waals surface area contributed by atoms with Gasteiger partial charge in [0.2, 0.25) is 0 Å². The van der Waals surface area contributed by atoms with Gasteiger partial charge in [-0.3, -0.25) is 37.3 Å². The molecule has 0 amide bonds. The molecule has 17 nitrogen and oxygen atoms in total. The van der Waals surface area contributed by atoms with E-state index in [0.29, 0.717) is 25.7 Å². The molecular formula is C83H152O17P2. The second kappa shape index (κ2) is 76.0. The highest BCUT2D eigenvalue weighted by Crippen LogP contribution is 2.45. The van der Waals surface area contributed by atoms with Gasteiger partial charge in [0.1, 0.15) is 19.3 Å². The summed E-state index contributed by atoms with van der Waals surface area (Å²) in [5.41, 5.74) is 0. The van der Waals surface area contributed by atoms with E-state index >= 15 is 0 Å². The predicted octanol–water partition coefficient (Wildman–Crippen LogP) is 24.2. The molecular weight excluding hydrogens is 1330 g/mol. The number of aliphatic hydroxyl groups excluding tert-OH is 1. The van der Waals surface area contributed by atoms with Crippen LogP contribution in [0.4, 0.5) is 0 Å². The standard InChI is InChI=1S/C83H152O17P2/c1-5-9-13-17-21-25-29-33-36-37-38-39-42-45-48-52-56-60-64-68-81(86)94-74-79(100-83(88)70-66-62-58-54-50-46-41-35-31-27-23-19-15-11-7-3)76-98-102(91,92)96-72-77(84)71-95-101(89,90)97-75-78(99-82(87)69-65-61-57-53-49-43-32-28-24-20-16-12-8-4)73-93-80(85)67-63-59-55-51-47-44-40-34-30-26-22-18-14-10-6-2/h16,20-21,25,28,32-33,36,38-39,77-79,84H,5-15,17-19,22-24,26-27,29-31,34-35,37,40-76H2,1-4H3,(H,89,90)(H,91,92)/b20-16-,25-21-,32-28-,36-33-,39-38-. The number of esters is 4. The van der Waals surface area contributed by atoms with E-state index in [4.69, 9.17) is 37.0 Å². The molecule has 0 fully saturated rings. The average molecular weight is 1480 g/mol. The van der Waals surface area contributed by atoms with Gasteiger partial charge in [0.25, 0.3) is 0 Å². The fraction of sp³-hybridized carbons (Fsp3) is 0.831. The first-order chi connectivity index (χ1) is 49.7. The van der Waals surface area contributed by atoms with Gasteiger partial charge in [0.15, 0.2) is 12.2 Å². The van der Waals surface area contributed by atoms with Crippen molar-refractivity contribution in [2.24, 2.45) is 0 Å². The maximum Gasteiger partial charge on any atom is 0.472 e. The third-order valence-electron chi connectivity index (χ3n) is 18.0. The number of phosphoric acid groups is 2. The highest BCUT2D eigenvalue weighted by atomic mass is 31.2. The summed E-state index contributed by atoms with van der Waals surface area (Å²) in [6, 6.07) is 0. The van der Waals surface area contributed by atoms with Crippen molar-refractivity contribution in [3.63, 3.8) is 0 Å². The maximum atomic E-state index is 13.1. The summed E-state index contributed by atoms with van der Waals surface area (Å²) in [5.74, 6) is -2.16. The largest absolute Gasteiger partial charge is 0.472 e. The molecule has 5 atom stereocenters. The minimum absolute atomic E-state index is 0.0842. The van der Waals surface area contributed by atoms with Crippen LogP contribution < -0.4 is 0 Å². The molecule has 0 aliphatic rings. The molecule has 5 unspecified atom stereocenters. The molecule has 0 spiro atoms. The van der Waals surface area contributed by atoms with Crippen molar-refractivity contribution in [2.75, 3.05) is 39.6 Å². The molecule has 0 bridgehead atoms. The van der Waals surface area contributed by atoms with Gasteiger partial charge in [0.05, 0.1) is 26.4 Å². The molecule has 0 aromatic heterocycles. The lowest BCUT2D eigenvalue weighted by Gasteiger charge is -2.21. The van der Waals surface area contributed by atoms with Gasteiger partial charge in [-0.1, -0.05) is 332 Å². The molecule has 0 aromatic rings. The van der Waals surface area contributed by atoms with Crippen LogP contribution in [0.1, 0.15) is 387 Å². The number of rotatable bonds is 79. The van der Waals surface area contributed by atoms with Gasteiger partial charge >= 0.3 is 39.5 Å². The minimum atomic E-state index is -4.97. The molecule has 0 aliphatic carbocycles. The quantitative estimate of drug-likeness (QED) is 0.0169. The summed E-state index contributed by atoms with van der Waals surface area (Å²) < 4.78 is 68.7. The number of unbranched alkanes of at least 4 members (excludes halogenated alkanes) is 43. The molecule has 596 valence electrons. The Labute approximate surface area is 622 Å². The lowest BCUT2D eigenvalue weighted by Crippen LogP contribution is -2.30. The van der Waals surface area contributed by atoms with Gasteiger partial charge in [-0.05, 0) is 89.9 Å². The molecule has 0 radical (unpaired) electrons. The van der Waals surface area contributed by atoms with Crippen molar-refractivity contribution < 1.29 is 80.2 Å². The van der Waals surface area contributed by atoms with Gasteiger partial charge in [-0.2, -0.15) is 0 Å². The molecule has 0 rings (SSSR count). The van der Waals surface area contributed by atoms with E-state index in [1.807, 2.05) is 0 Å². The van der Waals surface area contributed by atoms with Gasteiger partial charge in [0, 0.05) is 25.7 Å². The number of aliphatic hydroxyl groups is 1. The Kier molecular flexibility index (Phi) is 73.6. The predicted molar refractivity (Wildman–Crippen MR) is 418 cm³/mol. The molecule has 19 heteroatoms. The second-order valence-electron chi connectivity index (χ2n) is 28.1. The van der Waals surface area contributed by atoms with E-state index in [0.717, 1.165) is 154 Å². The van der Waals surface area contributed by atoms with Gasteiger partial charge in [-0.25, -0.2) is 9.13 Å². The number of allylic oxidation sites excluding steroid dienone is 10. The zero-order chi connectivity index (χ0) is 74.6. The first kappa shape index (κ1) is 98.8. The molecule has 0 saturated carbocycles. The zero-order valence-electron chi connectivity index (χ0n) is 65.3. The van der Waals surface area contributed by atoms with Crippen molar-refractivity contribution in [3.8, 4) is 0 Å². The Bertz CT molecular complexity index is 2170. The van der Waals surface area contributed by atoms with Crippen molar-refractivity contribution in [1.29, 1.82) is 0 Å². The first-order valence-electron chi connectivity index (χ1n) is 41.5. The van der Waals surface area contributed by atoms with Crippen LogP contribution >= 0.6 is 15.6 Å². The fourth-order valence-corrected chi connectivity index (χ4v) is 13.2. The Balaban J connectivity index is 5.31. The Morgan fingerprint density at radius 1 is 0.275 bits per heavy atom. The molecule has 0 aliphatic heterocycles. The average Bonchev–Trinajstić information content (AvgIpc) is 0.944. The number of carbonyl (C=O) groups is 4. The summed E-state index contributed by atoms with van der Waals surface area (Å²) in [7, 11) is -9.95. The summed E-state index contributed by atoms with van der Waals surface area (Å²) in [6.45, 7) is 4.85. The normalized spacial score (nSPS) is 14.1. The molecule has 0 heterocycles. The van der Waals surface area contributed by atoms with Gasteiger partial charge < -0.3 is 33.8 Å². The van der Waals surface area contributed by atoms with Crippen LogP contribution in [0.3, 0.4) is 0 Å². The second-order valence-corrected chi connectivity index (χ2v) is 31.0. The van der Waals surface area contributed by atoms with E-state index in [2.05, 4.69) is 88.5 Å². The van der Waals surface area contributed by atoms with Crippen LogP contribution in [0.5, 0.6) is 0 Å². The summed E-state index contributed by atoms with van der Waals surface area (Å²) >= 11 is 0. The van der Waals surface area contributed by atoms with E-state index in [1.165, 1.54) is 154 Å². The lowest BCUT2D eigenvalue weighted by atomic mass is 10.0. The van der Waals surface area contributed by atoms with E-state index in [-0.39, 0.29) is 25.7 Å². The van der Waals surface area contributed by atoms with Crippen LogP contribution in [-0.4, -0.2) is 96.7 Å². The third kappa shape index (κ3) is 75.0. The Hall–Kier alpha value is -3.24. The van der Waals surface area contributed by atoms with E-state index in [1.54, 1.807) is 0 Å². The number of hydrogen-bond acceptors (Lipinski definition) is 15. The number of ether oxygens (including phenoxy) is 4. The van der Waals surface area contributed by atoms with Crippen LogP contribution in [0.2, 0.25) is 0 Å². The highest BCUT2D eigenvalue weighted by Gasteiger charge is 2.30. The van der Waals surface area contributed by atoms with Crippen molar-refractivity contribution in [3.05, 3.63) is 60.8 Å². The van der Waals surface area contributed by atoms with E-state index in [9.17, 15) is 43.2 Å². The topological polar surface area (TPSA) is 237 Å². The number of phosphoric ester groups is 2. The van der Waals surface area contributed by atoms with Crippen molar-refractivity contribution >= 4 is 39.5 Å². The Morgan fingerprint density at radius 3 is 0.794 bits per heavy atom. The van der Waals surface area contributed by atoms with Crippen LogP contribution in [-0.2, 0) is 65.4 Å². The number of hydrogen-bond donors (Lipinski definition) is 3. The van der Waals surface area contributed by atoms with Crippen molar-refractivity contribution in [2.45, 2.75) is 406 Å². The van der Waals surface area contributed by atoms with Crippen LogP contribution in [0, 0.1) is 0 Å². The fourth-order valence-electron chi connectivity index (χ4n) is 11.6. The summed E-state index contributed by atoms with van der Waals surface area (Å²) in [4.78, 5) is 73.1. The van der Waals surface area contributed by atoms with Crippen LogP contribution in [0.15, 0.2) is 60.8 Å². The van der Waals surface area contributed by atoms with Crippen LogP contribution in [0.25, 0.3) is 0 Å². The third-order valence-corrected chi connectivity index (χ3v) is 19.9. The van der Waals surface area contributed by atoms with Crippen molar-refractivity contribution in [1.82, 2.24) is 0 Å². The monoisotopic (exact) mass is 1480 g/mol. The SMILES string of the molecule is CCC/C=C\C/C=C\CCCCCCCC(=O)OC(COC(=O)CCCCCCCCCCCCCCCCC)COP(=O)(O)OCC(O)COP(=O)(O)OCC(COC(=O)CCCCCCCC/C=C\C/C=C\C/C=C\CCCCC)OC(=O)CCCCCCCCCCCCCCCCC. The molecule has 0 saturated heterocycles. The molecule has 0 aromatic carbocycles. The first-order valence-corrected chi connectivity index (χ1v) is 44.5. The highest BCUT2D eigenvalue weighted by molar-refractivity contribution is 7.47. The number of carbonyl (C=O) groups excluding carboxylic acids is 4. The van der Waals surface area contributed by atoms with E-state index < -0.39 is 97.5 Å². The smallest absolute Gasteiger partial charge is 0.462 e. The zero-order valence-corrected chi connectivity index (χ0v) is 67.1. The summed E-state index contributed by atoms with van der Waals surface area (Å²) in [6.07, 6.45) is 76.1. The summed E-state index contributed by atoms with van der Waals surface area (Å²) in [5, 5.41) is 10.6. The minimum Gasteiger partial charge on any atom is -0.462 e. The lowest BCUT2D eigenvalue weighted by molar-refractivity contribution is -0.161. The van der Waals surface area contributed by atoms with Gasteiger partial charge in [-0.15, -0.1) is 0 Å².